The lowest BCUT2D eigenvalue weighted by atomic mass is 9.98. The van der Waals surface area contributed by atoms with E-state index in [0.717, 1.165) is 23.7 Å². The Labute approximate surface area is 107 Å². The van der Waals surface area contributed by atoms with Crippen molar-refractivity contribution in [3.05, 3.63) is 29.3 Å². The first-order chi connectivity index (χ1) is 8.13. The number of rotatable bonds is 3. The number of hydrogen-bond acceptors (Lipinski definition) is 3. The average Bonchev–Trinajstić information content (AvgIpc) is 2.70. The minimum Gasteiger partial charge on any atom is -0.370 e. The van der Waals surface area contributed by atoms with Crippen molar-refractivity contribution >= 4 is 23.2 Å². The van der Waals surface area contributed by atoms with Crippen LogP contribution in [0.4, 0.5) is 5.69 Å². The molecule has 0 aliphatic carbocycles. The smallest absolute Gasteiger partial charge is 0.196 e. The summed E-state index contributed by atoms with van der Waals surface area (Å²) in [7, 11) is 0. The molecule has 0 aromatic heterocycles. The molecule has 1 aliphatic rings. The van der Waals surface area contributed by atoms with Crippen LogP contribution >= 0.6 is 11.6 Å². The zero-order valence-electron chi connectivity index (χ0n) is 10.2. The van der Waals surface area contributed by atoms with Gasteiger partial charge in [-0.3, -0.25) is 4.99 Å². The predicted octanol–water partition coefficient (Wildman–Crippen LogP) is 2.89. The molecule has 1 aromatic carbocycles. The minimum atomic E-state index is 0.346. The van der Waals surface area contributed by atoms with Crippen LogP contribution in [0.15, 0.2) is 29.3 Å². The van der Waals surface area contributed by atoms with E-state index in [1.54, 1.807) is 0 Å². The SMILES string of the molecule is CCC(C)C1CN=C(N)N1c1cccc(Cl)c1. The van der Waals surface area contributed by atoms with Gasteiger partial charge < -0.3 is 10.6 Å². The number of hydrogen-bond donors (Lipinski definition) is 1. The Morgan fingerprint density at radius 3 is 3.00 bits per heavy atom. The van der Waals surface area contributed by atoms with E-state index in [-0.39, 0.29) is 0 Å². The highest BCUT2D eigenvalue weighted by molar-refractivity contribution is 6.30. The summed E-state index contributed by atoms with van der Waals surface area (Å²) in [5.41, 5.74) is 7.01. The number of nitrogens with zero attached hydrogens (tertiary/aromatic N) is 2. The summed E-state index contributed by atoms with van der Waals surface area (Å²) in [6.45, 7) is 5.19. The number of halogens is 1. The van der Waals surface area contributed by atoms with Crippen LogP contribution in [0.3, 0.4) is 0 Å². The number of benzene rings is 1. The molecule has 0 bridgehead atoms. The molecule has 2 unspecified atom stereocenters. The van der Waals surface area contributed by atoms with Gasteiger partial charge in [0.15, 0.2) is 5.96 Å². The lowest BCUT2D eigenvalue weighted by Gasteiger charge is -2.30. The zero-order chi connectivity index (χ0) is 12.4. The fourth-order valence-electron chi connectivity index (χ4n) is 2.17. The highest BCUT2D eigenvalue weighted by Gasteiger charge is 2.30. The second kappa shape index (κ2) is 4.96. The molecule has 0 radical (unpaired) electrons. The molecule has 2 N–H and O–H groups in total. The van der Waals surface area contributed by atoms with Crippen LogP contribution in [-0.4, -0.2) is 18.5 Å². The molecule has 1 heterocycles. The second-order valence-corrected chi connectivity index (χ2v) is 4.94. The van der Waals surface area contributed by atoms with Crippen molar-refractivity contribution in [1.29, 1.82) is 0 Å². The molecule has 17 heavy (non-hydrogen) atoms. The first-order valence-electron chi connectivity index (χ1n) is 5.98. The van der Waals surface area contributed by atoms with Crippen molar-refractivity contribution in [1.82, 2.24) is 0 Å². The van der Waals surface area contributed by atoms with Gasteiger partial charge in [0.25, 0.3) is 0 Å². The maximum absolute atomic E-state index is 6.02. The Bertz CT molecular complexity index is 430. The van der Waals surface area contributed by atoms with Crippen molar-refractivity contribution in [2.45, 2.75) is 26.3 Å². The Balaban J connectivity index is 2.30. The molecule has 0 amide bonds. The summed E-state index contributed by atoms with van der Waals surface area (Å²) in [6.07, 6.45) is 1.12. The fourth-order valence-corrected chi connectivity index (χ4v) is 2.36. The van der Waals surface area contributed by atoms with Gasteiger partial charge in [-0.25, -0.2) is 0 Å². The van der Waals surface area contributed by atoms with Crippen LogP contribution in [-0.2, 0) is 0 Å². The highest BCUT2D eigenvalue weighted by Crippen LogP contribution is 2.28. The maximum Gasteiger partial charge on any atom is 0.196 e. The third-order valence-corrected chi connectivity index (χ3v) is 3.64. The van der Waals surface area contributed by atoms with Crippen LogP contribution in [0.2, 0.25) is 5.02 Å². The summed E-state index contributed by atoms with van der Waals surface area (Å²) in [5.74, 6) is 1.15. The van der Waals surface area contributed by atoms with E-state index in [9.17, 15) is 0 Å². The van der Waals surface area contributed by atoms with E-state index in [0.29, 0.717) is 17.9 Å². The topological polar surface area (TPSA) is 41.6 Å². The van der Waals surface area contributed by atoms with Crippen molar-refractivity contribution in [3.63, 3.8) is 0 Å². The molecular weight excluding hydrogens is 234 g/mol. The van der Waals surface area contributed by atoms with E-state index >= 15 is 0 Å². The van der Waals surface area contributed by atoms with Crippen LogP contribution in [0.1, 0.15) is 20.3 Å². The maximum atomic E-state index is 6.02. The summed E-state index contributed by atoms with van der Waals surface area (Å²) in [5, 5.41) is 0.727. The standard InChI is InChI=1S/C13H18ClN3/c1-3-9(2)12-8-16-13(15)17(12)11-6-4-5-10(14)7-11/h4-7,9,12H,3,8H2,1-2H3,(H2,15,16). The van der Waals surface area contributed by atoms with Gasteiger partial charge in [0.1, 0.15) is 0 Å². The van der Waals surface area contributed by atoms with Crippen molar-refractivity contribution in [2.75, 3.05) is 11.4 Å². The van der Waals surface area contributed by atoms with Gasteiger partial charge in [-0.05, 0) is 24.1 Å². The van der Waals surface area contributed by atoms with Crippen LogP contribution in [0.5, 0.6) is 0 Å². The average molecular weight is 252 g/mol. The molecule has 0 saturated carbocycles. The zero-order valence-corrected chi connectivity index (χ0v) is 11.0. The fraction of sp³-hybridized carbons (Fsp3) is 0.462. The number of anilines is 1. The third kappa shape index (κ3) is 2.39. The van der Waals surface area contributed by atoms with Crippen molar-refractivity contribution in [2.24, 2.45) is 16.6 Å². The monoisotopic (exact) mass is 251 g/mol. The van der Waals surface area contributed by atoms with E-state index in [2.05, 4.69) is 23.7 Å². The molecule has 0 spiro atoms. The molecule has 0 fully saturated rings. The van der Waals surface area contributed by atoms with Crippen molar-refractivity contribution in [3.8, 4) is 0 Å². The molecule has 0 saturated heterocycles. The molecule has 92 valence electrons. The number of guanidine groups is 1. The summed E-state index contributed by atoms with van der Waals surface area (Å²) in [4.78, 5) is 6.45. The normalized spacial score (nSPS) is 21.5. The quantitative estimate of drug-likeness (QED) is 0.898. The first kappa shape index (κ1) is 12.2. The van der Waals surface area contributed by atoms with E-state index < -0.39 is 0 Å². The van der Waals surface area contributed by atoms with E-state index in [4.69, 9.17) is 17.3 Å². The second-order valence-electron chi connectivity index (χ2n) is 4.50. The first-order valence-corrected chi connectivity index (χ1v) is 6.36. The van der Waals surface area contributed by atoms with Gasteiger partial charge in [0, 0.05) is 10.7 Å². The van der Waals surface area contributed by atoms with Crippen LogP contribution < -0.4 is 10.6 Å². The summed E-state index contributed by atoms with van der Waals surface area (Å²) >= 11 is 6.02. The van der Waals surface area contributed by atoms with Gasteiger partial charge in [-0.15, -0.1) is 0 Å². The van der Waals surface area contributed by atoms with E-state index in [1.165, 1.54) is 0 Å². The summed E-state index contributed by atoms with van der Waals surface area (Å²) < 4.78 is 0. The van der Waals surface area contributed by atoms with Gasteiger partial charge in [-0.2, -0.15) is 0 Å². The van der Waals surface area contributed by atoms with Crippen LogP contribution in [0, 0.1) is 5.92 Å². The Hall–Kier alpha value is -1.22. The summed E-state index contributed by atoms with van der Waals surface area (Å²) in [6, 6.07) is 8.11. The molecule has 2 rings (SSSR count). The lowest BCUT2D eigenvalue weighted by Crippen LogP contribution is -2.44. The Morgan fingerprint density at radius 1 is 1.59 bits per heavy atom. The van der Waals surface area contributed by atoms with Gasteiger partial charge in [0.05, 0.1) is 12.6 Å². The largest absolute Gasteiger partial charge is 0.370 e. The minimum absolute atomic E-state index is 0.346. The third-order valence-electron chi connectivity index (χ3n) is 3.41. The highest BCUT2D eigenvalue weighted by atomic mass is 35.5. The Kier molecular flexibility index (Phi) is 3.57. The molecule has 1 aliphatic heterocycles. The predicted molar refractivity (Wildman–Crippen MR) is 73.7 cm³/mol. The molecule has 1 aromatic rings. The van der Waals surface area contributed by atoms with Crippen LogP contribution in [0.25, 0.3) is 0 Å². The Morgan fingerprint density at radius 2 is 2.35 bits per heavy atom. The molecular formula is C13H18ClN3. The van der Waals surface area contributed by atoms with Crippen molar-refractivity contribution < 1.29 is 0 Å². The molecule has 4 heteroatoms. The van der Waals surface area contributed by atoms with Gasteiger partial charge >= 0.3 is 0 Å². The van der Waals surface area contributed by atoms with E-state index in [1.807, 2.05) is 24.3 Å². The molecule has 3 nitrogen and oxygen atoms in total. The number of aliphatic imine (C=N–C) groups is 1. The van der Waals surface area contributed by atoms with Gasteiger partial charge in [0.2, 0.25) is 0 Å². The lowest BCUT2D eigenvalue weighted by molar-refractivity contribution is 0.462. The number of nitrogens with two attached hydrogens (primary N) is 1. The molecule has 2 atom stereocenters. The van der Waals surface area contributed by atoms with Gasteiger partial charge in [-0.1, -0.05) is 37.9 Å².